The third kappa shape index (κ3) is 2.78. The van der Waals surface area contributed by atoms with E-state index in [1.165, 1.54) is 5.56 Å². The Bertz CT molecular complexity index is 764. The van der Waals surface area contributed by atoms with Crippen molar-refractivity contribution < 1.29 is 0 Å². The lowest BCUT2D eigenvalue weighted by atomic mass is 10.1. The summed E-state index contributed by atoms with van der Waals surface area (Å²) in [5.41, 5.74) is 3.30. The van der Waals surface area contributed by atoms with E-state index in [9.17, 15) is 0 Å². The molecule has 0 saturated carbocycles. The van der Waals surface area contributed by atoms with Crippen molar-refractivity contribution in [2.45, 2.75) is 19.4 Å². The molecule has 0 spiro atoms. The molecule has 1 heterocycles. The van der Waals surface area contributed by atoms with Gasteiger partial charge < -0.3 is 4.57 Å². The molecule has 2 nitrogen and oxygen atoms in total. The highest BCUT2D eigenvalue weighted by atomic mass is 35.5. The fourth-order valence-electron chi connectivity index (χ4n) is 2.70. The fourth-order valence-corrected chi connectivity index (χ4v) is 3.07. The molecule has 0 bridgehead atoms. The molecule has 1 unspecified atom stereocenters. The molecule has 0 radical (unpaired) electrons. The Morgan fingerprint density at radius 1 is 1.14 bits per heavy atom. The largest absolute Gasteiger partial charge is 0.321 e. The monoisotopic (exact) mass is 318 g/mol. The lowest BCUT2D eigenvalue weighted by Gasteiger charge is -2.18. The van der Waals surface area contributed by atoms with Crippen LogP contribution in [0, 0.1) is 0 Å². The van der Waals surface area contributed by atoms with Gasteiger partial charge in [0.05, 0.1) is 17.1 Å². The predicted molar refractivity (Wildman–Crippen MR) is 89.4 cm³/mol. The number of halogens is 2. The highest BCUT2D eigenvalue weighted by molar-refractivity contribution is 6.30. The number of aromatic nitrogens is 2. The number of rotatable bonds is 4. The summed E-state index contributed by atoms with van der Waals surface area (Å²) < 4.78 is 2.25. The molecular weight excluding hydrogens is 303 g/mol. The van der Waals surface area contributed by atoms with Gasteiger partial charge >= 0.3 is 0 Å². The van der Waals surface area contributed by atoms with Crippen LogP contribution < -0.4 is 0 Å². The molecule has 2 aromatic carbocycles. The molecule has 3 rings (SSSR count). The number of hydrogen-bond donors (Lipinski definition) is 0. The van der Waals surface area contributed by atoms with Crippen LogP contribution in [0.3, 0.4) is 0 Å². The van der Waals surface area contributed by atoms with E-state index in [0.717, 1.165) is 28.3 Å². The van der Waals surface area contributed by atoms with Gasteiger partial charge in [0.25, 0.3) is 0 Å². The third-order valence-corrected chi connectivity index (χ3v) is 4.13. The van der Waals surface area contributed by atoms with Gasteiger partial charge in [-0.3, -0.25) is 0 Å². The molecule has 0 saturated heterocycles. The second-order valence-electron chi connectivity index (χ2n) is 5.06. The van der Waals surface area contributed by atoms with Gasteiger partial charge in [-0.1, -0.05) is 35.9 Å². The van der Waals surface area contributed by atoms with Crippen molar-refractivity contribution in [2.24, 2.45) is 0 Å². The van der Waals surface area contributed by atoms with Gasteiger partial charge in [0.15, 0.2) is 0 Å². The first-order valence-electron chi connectivity index (χ1n) is 6.98. The summed E-state index contributed by atoms with van der Waals surface area (Å²) in [5, 5.41) is 0.752. The van der Waals surface area contributed by atoms with E-state index in [2.05, 4.69) is 23.6 Å². The van der Waals surface area contributed by atoms with E-state index < -0.39 is 0 Å². The van der Waals surface area contributed by atoms with Crippen LogP contribution in [0.4, 0.5) is 0 Å². The quantitative estimate of drug-likeness (QED) is 0.613. The Hall–Kier alpha value is -1.51. The van der Waals surface area contributed by atoms with Gasteiger partial charge in [0.1, 0.15) is 5.82 Å². The lowest BCUT2D eigenvalue weighted by molar-refractivity contribution is 0.624. The van der Waals surface area contributed by atoms with Crippen molar-refractivity contribution in [3.8, 4) is 0 Å². The van der Waals surface area contributed by atoms with Crippen LogP contribution in [0.25, 0.3) is 11.0 Å². The average Bonchev–Trinajstić information content (AvgIpc) is 2.85. The van der Waals surface area contributed by atoms with Crippen molar-refractivity contribution >= 4 is 34.2 Å². The van der Waals surface area contributed by atoms with Crippen molar-refractivity contribution in [2.75, 3.05) is 5.88 Å². The number of hydrogen-bond acceptors (Lipinski definition) is 1. The molecule has 21 heavy (non-hydrogen) atoms. The first-order chi connectivity index (χ1) is 10.2. The van der Waals surface area contributed by atoms with Gasteiger partial charge in [-0.25, -0.2) is 4.98 Å². The zero-order chi connectivity index (χ0) is 14.8. The number of para-hydroxylation sites is 2. The van der Waals surface area contributed by atoms with E-state index in [1.807, 2.05) is 36.4 Å². The summed E-state index contributed by atoms with van der Waals surface area (Å²) in [6.45, 7) is 2.16. The maximum atomic E-state index is 6.12. The standard InChI is InChI=1S/C17H16Cl2N2/c1-12(13-5-4-6-14(19)11-13)21-16-8-3-2-7-15(16)20-17(21)9-10-18/h2-8,11-12H,9-10H2,1H3. The molecule has 0 aliphatic heterocycles. The number of alkyl halides is 1. The summed E-state index contributed by atoms with van der Waals surface area (Å²) in [4.78, 5) is 4.72. The minimum Gasteiger partial charge on any atom is -0.321 e. The average molecular weight is 319 g/mol. The fraction of sp³-hybridized carbons (Fsp3) is 0.235. The minimum atomic E-state index is 0.161. The molecule has 0 N–H and O–H groups in total. The molecular formula is C17H16Cl2N2. The summed E-state index contributed by atoms with van der Waals surface area (Å²) in [7, 11) is 0. The van der Waals surface area contributed by atoms with E-state index in [4.69, 9.17) is 28.2 Å². The second kappa shape index (κ2) is 6.08. The molecule has 0 aliphatic carbocycles. The van der Waals surface area contributed by atoms with E-state index in [1.54, 1.807) is 0 Å². The maximum absolute atomic E-state index is 6.12. The number of imidazole rings is 1. The van der Waals surface area contributed by atoms with Crippen LogP contribution in [0.15, 0.2) is 48.5 Å². The zero-order valence-electron chi connectivity index (χ0n) is 11.8. The summed E-state index contributed by atoms with van der Waals surface area (Å²) in [6.07, 6.45) is 0.751. The van der Waals surface area contributed by atoms with Crippen molar-refractivity contribution in [3.63, 3.8) is 0 Å². The van der Waals surface area contributed by atoms with Gasteiger partial charge in [-0.2, -0.15) is 0 Å². The van der Waals surface area contributed by atoms with Gasteiger partial charge in [-0.15, -0.1) is 11.6 Å². The normalized spacial score (nSPS) is 12.7. The Morgan fingerprint density at radius 3 is 2.71 bits per heavy atom. The first-order valence-corrected chi connectivity index (χ1v) is 7.89. The van der Waals surface area contributed by atoms with Crippen molar-refractivity contribution in [1.29, 1.82) is 0 Å². The van der Waals surface area contributed by atoms with Crippen molar-refractivity contribution in [3.05, 3.63) is 64.9 Å². The molecule has 1 atom stereocenters. The Labute approximate surface area is 134 Å². The topological polar surface area (TPSA) is 17.8 Å². The number of nitrogens with zero attached hydrogens (tertiary/aromatic N) is 2. The summed E-state index contributed by atoms with van der Waals surface area (Å²) in [6, 6.07) is 16.3. The second-order valence-corrected chi connectivity index (χ2v) is 5.87. The molecule has 4 heteroatoms. The Kier molecular flexibility index (Phi) is 4.18. The molecule has 3 aromatic rings. The van der Waals surface area contributed by atoms with E-state index in [0.29, 0.717) is 5.88 Å². The summed E-state index contributed by atoms with van der Waals surface area (Å²) in [5.74, 6) is 1.57. The predicted octanol–water partition coefficient (Wildman–Crippen LogP) is 5.08. The van der Waals surface area contributed by atoms with Gasteiger partial charge in [0, 0.05) is 17.3 Å². The van der Waals surface area contributed by atoms with E-state index >= 15 is 0 Å². The van der Waals surface area contributed by atoms with Gasteiger partial charge in [-0.05, 0) is 36.8 Å². The van der Waals surface area contributed by atoms with Crippen LogP contribution in [-0.2, 0) is 6.42 Å². The Balaban J connectivity index is 2.15. The highest BCUT2D eigenvalue weighted by Crippen LogP contribution is 2.27. The van der Waals surface area contributed by atoms with Gasteiger partial charge in [0.2, 0.25) is 0 Å². The Morgan fingerprint density at radius 2 is 1.95 bits per heavy atom. The zero-order valence-corrected chi connectivity index (χ0v) is 13.3. The molecule has 108 valence electrons. The lowest BCUT2D eigenvalue weighted by Crippen LogP contribution is -2.11. The smallest absolute Gasteiger partial charge is 0.111 e. The minimum absolute atomic E-state index is 0.161. The maximum Gasteiger partial charge on any atom is 0.111 e. The van der Waals surface area contributed by atoms with Crippen LogP contribution in [-0.4, -0.2) is 15.4 Å². The summed E-state index contributed by atoms with van der Waals surface area (Å²) >= 11 is 12.1. The third-order valence-electron chi connectivity index (χ3n) is 3.71. The van der Waals surface area contributed by atoms with Crippen LogP contribution in [0.2, 0.25) is 5.02 Å². The first kappa shape index (κ1) is 14.4. The molecule has 0 fully saturated rings. The molecule has 0 aliphatic rings. The van der Waals surface area contributed by atoms with Crippen LogP contribution in [0.5, 0.6) is 0 Å². The number of benzene rings is 2. The SMILES string of the molecule is CC(c1cccc(Cl)c1)n1c(CCCl)nc2ccccc21. The number of aryl methyl sites for hydroxylation is 1. The highest BCUT2D eigenvalue weighted by Gasteiger charge is 2.16. The molecule has 0 amide bonds. The van der Waals surface area contributed by atoms with Crippen molar-refractivity contribution in [1.82, 2.24) is 9.55 Å². The molecule has 1 aromatic heterocycles. The van der Waals surface area contributed by atoms with Crippen LogP contribution >= 0.6 is 23.2 Å². The number of fused-ring (bicyclic) bond motifs is 1. The van der Waals surface area contributed by atoms with E-state index in [-0.39, 0.29) is 6.04 Å². The van der Waals surface area contributed by atoms with Crippen LogP contribution in [0.1, 0.15) is 24.4 Å².